The molecule has 2 N–H and O–H groups in total. The molecule has 0 unspecified atom stereocenters. The second-order valence-electron chi connectivity index (χ2n) is 9.85. The SMILES string of the molecule is CC(=O)O[C@H]1CC[C@@](C)(O)[C@@H]2O[C@H](C[C@@]1(C)O)[C@@H]1C(C)=CC[C@H](C(C)C)[C@H]12. The minimum Gasteiger partial charge on any atom is -0.460 e. The van der Waals surface area contributed by atoms with Crippen molar-refractivity contribution < 1.29 is 24.5 Å². The molecule has 2 bridgehead atoms. The fourth-order valence-electron chi connectivity index (χ4n) is 5.76. The molecule has 1 aliphatic carbocycles. The van der Waals surface area contributed by atoms with E-state index in [1.54, 1.807) is 6.92 Å². The van der Waals surface area contributed by atoms with Crippen molar-refractivity contribution in [3.05, 3.63) is 11.6 Å². The van der Waals surface area contributed by atoms with E-state index in [4.69, 9.17) is 9.47 Å². The molecule has 3 aliphatic rings. The second-order valence-corrected chi connectivity index (χ2v) is 9.85. The first-order valence-corrected chi connectivity index (χ1v) is 10.4. The van der Waals surface area contributed by atoms with Gasteiger partial charge in [0, 0.05) is 25.2 Å². The third-order valence-electron chi connectivity index (χ3n) is 7.22. The minimum absolute atomic E-state index is 0.185. The normalized spacial score (nSPS) is 47.5. The molecule has 0 amide bonds. The number of hydrogen-bond acceptors (Lipinski definition) is 5. The summed E-state index contributed by atoms with van der Waals surface area (Å²) in [6, 6.07) is 0. The van der Waals surface area contributed by atoms with Gasteiger partial charge in [0.25, 0.3) is 0 Å². The van der Waals surface area contributed by atoms with Crippen LogP contribution in [0.2, 0.25) is 0 Å². The van der Waals surface area contributed by atoms with Crippen LogP contribution in [0.1, 0.15) is 67.2 Å². The molecular weight excluding hydrogens is 344 g/mol. The fourth-order valence-corrected chi connectivity index (χ4v) is 5.76. The first-order chi connectivity index (χ1) is 12.4. The third-order valence-corrected chi connectivity index (χ3v) is 7.22. The largest absolute Gasteiger partial charge is 0.460 e. The van der Waals surface area contributed by atoms with E-state index >= 15 is 0 Å². The lowest BCUT2D eigenvalue weighted by Gasteiger charge is -2.43. The highest BCUT2D eigenvalue weighted by Crippen LogP contribution is 2.54. The Balaban J connectivity index is 2.01. The second kappa shape index (κ2) is 7.16. The highest BCUT2D eigenvalue weighted by atomic mass is 16.6. The maximum atomic E-state index is 11.6. The van der Waals surface area contributed by atoms with Gasteiger partial charge in [-0.1, -0.05) is 25.5 Å². The van der Waals surface area contributed by atoms with Gasteiger partial charge in [0.2, 0.25) is 0 Å². The number of hydrogen-bond donors (Lipinski definition) is 2. The van der Waals surface area contributed by atoms with Gasteiger partial charge in [-0.2, -0.15) is 0 Å². The number of ether oxygens (including phenoxy) is 2. The van der Waals surface area contributed by atoms with E-state index < -0.39 is 23.3 Å². The molecule has 8 atom stereocenters. The highest BCUT2D eigenvalue weighted by molar-refractivity contribution is 5.66. The van der Waals surface area contributed by atoms with Crippen LogP contribution in [0, 0.1) is 23.7 Å². The Morgan fingerprint density at radius 3 is 2.56 bits per heavy atom. The third kappa shape index (κ3) is 3.83. The van der Waals surface area contributed by atoms with E-state index in [-0.39, 0.29) is 24.0 Å². The smallest absolute Gasteiger partial charge is 0.303 e. The molecular formula is C22H36O5. The van der Waals surface area contributed by atoms with Crippen LogP contribution in [0.3, 0.4) is 0 Å². The van der Waals surface area contributed by atoms with Gasteiger partial charge in [-0.25, -0.2) is 0 Å². The zero-order chi connectivity index (χ0) is 20.1. The summed E-state index contributed by atoms with van der Waals surface area (Å²) in [5.74, 6) is 0.978. The molecule has 27 heavy (non-hydrogen) atoms. The zero-order valence-electron chi connectivity index (χ0n) is 17.6. The van der Waals surface area contributed by atoms with Gasteiger partial charge < -0.3 is 19.7 Å². The molecule has 154 valence electrons. The fraction of sp³-hybridized carbons (Fsp3) is 0.864. The molecule has 0 saturated carbocycles. The van der Waals surface area contributed by atoms with Gasteiger partial charge in [-0.3, -0.25) is 4.79 Å². The predicted octanol–water partition coefficient (Wildman–Crippen LogP) is 3.23. The lowest BCUT2D eigenvalue weighted by molar-refractivity contribution is -0.165. The van der Waals surface area contributed by atoms with E-state index in [0.717, 1.165) is 6.42 Å². The maximum Gasteiger partial charge on any atom is 0.303 e. The van der Waals surface area contributed by atoms with Gasteiger partial charge in [0.05, 0.1) is 17.8 Å². The standard InChI is InChI=1S/C22H36O5/c1-12(2)15-8-7-13(3)18-16-11-22(6,25)17(26-14(4)23)9-10-21(5,24)20(27-16)19(15)18/h7,12,15-20,24-25H,8-11H2,1-6H3/t15-,16-,17+,18+,19-,20-,21-,22-/m1/s1. The molecule has 5 nitrogen and oxygen atoms in total. The van der Waals surface area contributed by atoms with Crippen LogP contribution in [0.4, 0.5) is 0 Å². The minimum atomic E-state index is -1.19. The van der Waals surface area contributed by atoms with E-state index in [1.807, 2.05) is 6.92 Å². The lowest BCUT2D eigenvalue weighted by atomic mass is 9.62. The van der Waals surface area contributed by atoms with Crippen molar-refractivity contribution in [2.45, 2.75) is 96.7 Å². The Morgan fingerprint density at radius 2 is 1.96 bits per heavy atom. The Morgan fingerprint density at radius 1 is 1.30 bits per heavy atom. The van der Waals surface area contributed by atoms with Crippen LogP contribution in [0.15, 0.2) is 11.6 Å². The summed E-state index contributed by atoms with van der Waals surface area (Å²) in [7, 11) is 0. The van der Waals surface area contributed by atoms with Gasteiger partial charge in [-0.15, -0.1) is 0 Å². The Bertz CT molecular complexity index is 606. The summed E-state index contributed by atoms with van der Waals surface area (Å²) in [6.07, 6.45) is 3.47. The van der Waals surface area contributed by atoms with E-state index in [2.05, 4.69) is 26.8 Å². The van der Waals surface area contributed by atoms with Crippen LogP contribution in [0.25, 0.3) is 0 Å². The summed E-state index contributed by atoms with van der Waals surface area (Å²) in [5.41, 5.74) is -0.928. The number of carbonyl (C=O) groups is 1. The summed E-state index contributed by atoms with van der Waals surface area (Å²) in [5, 5.41) is 22.6. The van der Waals surface area contributed by atoms with Crippen molar-refractivity contribution in [1.29, 1.82) is 0 Å². The van der Waals surface area contributed by atoms with E-state index in [1.165, 1.54) is 12.5 Å². The molecule has 5 heteroatoms. The van der Waals surface area contributed by atoms with Crippen molar-refractivity contribution in [1.82, 2.24) is 0 Å². The molecule has 0 aromatic heterocycles. The van der Waals surface area contributed by atoms with Crippen molar-refractivity contribution >= 4 is 5.97 Å². The number of aliphatic hydroxyl groups is 2. The average molecular weight is 381 g/mol. The van der Waals surface area contributed by atoms with Crippen LogP contribution in [-0.2, 0) is 14.3 Å². The van der Waals surface area contributed by atoms with E-state index in [9.17, 15) is 15.0 Å². The first kappa shape index (κ1) is 20.8. The number of rotatable bonds is 2. The molecule has 3 rings (SSSR count). The summed E-state index contributed by atoms with van der Waals surface area (Å²) in [6.45, 7) is 11.6. The van der Waals surface area contributed by atoms with Gasteiger partial charge in [0.15, 0.2) is 0 Å². The molecule has 0 aromatic carbocycles. The first-order valence-electron chi connectivity index (χ1n) is 10.4. The molecule has 2 fully saturated rings. The molecule has 0 spiro atoms. The number of carbonyl (C=O) groups excluding carboxylic acids is 1. The predicted molar refractivity (Wildman–Crippen MR) is 103 cm³/mol. The van der Waals surface area contributed by atoms with Crippen molar-refractivity contribution in [3.8, 4) is 0 Å². The summed E-state index contributed by atoms with van der Waals surface area (Å²) in [4.78, 5) is 11.6. The summed E-state index contributed by atoms with van der Waals surface area (Å²) >= 11 is 0. The maximum absolute atomic E-state index is 11.6. The Labute approximate surface area is 163 Å². The van der Waals surface area contributed by atoms with Gasteiger partial charge in [-0.05, 0) is 51.9 Å². The topological polar surface area (TPSA) is 76.0 Å². The van der Waals surface area contributed by atoms with Crippen LogP contribution in [0.5, 0.6) is 0 Å². The van der Waals surface area contributed by atoms with Crippen LogP contribution in [-0.4, -0.2) is 45.7 Å². The van der Waals surface area contributed by atoms with Crippen molar-refractivity contribution in [2.75, 3.05) is 0 Å². The molecule has 2 heterocycles. The lowest BCUT2D eigenvalue weighted by Crippen LogP contribution is -2.50. The van der Waals surface area contributed by atoms with Gasteiger partial charge in [0.1, 0.15) is 11.7 Å². The molecule has 0 radical (unpaired) electrons. The molecule has 0 aromatic rings. The van der Waals surface area contributed by atoms with Crippen LogP contribution < -0.4 is 0 Å². The zero-order valence-corrected chi connectivity index (χ0v) is 17.6. The average Bonchev–Trinajstić information content (AvgIpc) is 2.91. The number of esters is 1. The van der Waals surface area contributed by atoms with Crippen LogP contribution >= 0.6 is 0 Å². The summed E-state index contributed by atoms with van der Waals surface area (Å²) < 4.78 is 11.9. The number of allylic oxidation sites excluding steroid dienone is 1. The highest BCUT2D eigenvalue weighted by Gasteiger charge is 2.58. The monoisotopic (exact) mass is 380 g/mol. The van der Waals surface area contributed by atoms with Crippen molar-refractivity contribution in [3.63, 3.8) is 0 Å². The Hall–Kier alpha value is -0.910. The van der Waals surface area contributed by atoms with Crippen molar-refractivity contribution in [2.24, 2.45) is 23.7 Å². The Kier molecular flexibility index (Phi) is 5.52. The van der Waals surface area contributed by atoms with E-state index in [0.29, 0.717) is 31.1 Å². The van der Waals surface area contributed by atoms with Gasteiger partial charge >= 0.3 is 5.97 Å². The quantitative estimate of drug-likeness (QED) is 0.568. The number of fused-ring (bicyclic) bond motifs is 5. The molecule has 2 saturated heterocycles. The molecule has 2 aliphatic heterocycles.